The summed E-state index contributed by atoms with van der Waals surface area (Å²) >= 11 is 0. The monoisotopic (exact) mass is 282 g/mol. The predicted molar refractivity (Wildman–Crippen MR) is 79.1 cm³/mol. The second-order valence-electron chi connectivity index (χ2n) is 4.78. The number of nitrogens with one attached hydrogen (secondary N) is 1. The quantitative estimate of drug-likeness (QED) is 0.799. The van der Waals surface area contributed by atoms with Crippen LogP contribution in [-0.4, -0.2) is 10.5 Å². The number of rotatable bonds is 3. The molecule has 0 atom stereocenters. The van der Waals surface area contributed by atoms with Crippen LogP contribution in [0.25, 0.3) is 11.1 Å². The number of carbonyl (C=O) groups excluding carboxylic acids is 1. The maximum absolute atomic E-state index is 12.1. The highest BCUT2D eigenvalue weighted by Crippen LogP contribution is 2.14. The Morgan fingerprint density at radius 2 is 1.95 bits per heavy atom. The minimum absolute atomic E-state index is 0.202. The van der Waals surface area contributed by atoms with Gasteiger partial charge in [-0.25, -0.2) is 4.79 Å². The molecule has 0 bridgehead atoms. The van der Waals surface area contributed by atoms with Gasteiger partial charge >= 0.3 is 5.76 Å². The van der Waals surface area contributed by atoms with Gasteiger partial charge in [-0.05, 0) is 23.8 Å². The predicted octanol–water partition coefficient (Wildman–Crippen LogP) is 2.06. The normalized spacial score (nSPS) is 10.7. The highest BCUT2D eigenvalue weighted by atomic mass is 16.4. The SMILES string of the molecule is Cn1c(=O)oc2cc(C(=O)NCc3ccccc3)ccc21. The zero-order valence-electron chi connectivity index (χ0n) is 11.5. The third-order valence-electron chi connectivity index (χ3n) is 3.35. The van der Waals surface area contributed by atoms with Gasteiger partial charge in [0.15, 0.2) is 5.58 Å². The molecule has 0 radical (unpaired) electrons. The molecule has 0 saturated carbocycles. The van der Waals surface area contributed by atoms with Crippen LogP contribution in [0.2, 0.25) is 0 Å². The first-order valence-corrected chi connectivity index (χ1v) is 6.57. The summed E-state index contributed by atoms with van der Waals surface area (Å²) in [5, 5.41) is 2.84. The molecule has 1 N–H and O–H groups in total. The molecule has 0 saturated heterocycles. The van der Waals surface area contributed by atoms with Crippen molar-refractivity contribution in [1.82, 2.24) is 9.88 Å². The van der Waals surface area contributed by atoms with Crippen LogP contribution >= 0.6 is 0 Å². The molecule has 0 unspecified atom stereocenters. The summed E-state index contributed by atoms with van der Waals surface area (Å²) < 4.78 is 6.48. The number of fused-ring (bicyclic) bond motifs is 1. The number of oxazole rings is 1. The highest BCUT2D eigenvalue weighted by molar-refractivity contribution is 5.97. The van der Waals surface area contributed by atoms with E-state index >= 15 is 0 Å². The van der Waals surface area contributed by atoms with Crippen LogP contribution in [-0.2, 0) is 13.6 Å². The second kappa shape index (κ2) is 5.28. The molecule has 0 aliphatic rings. The first-order valence-electron chi connectivity index (χ1n) is 6.57. The van der Waals surface area contributed by atoms with Gasteiger partial charge in [0.1, 0.15) is 0 Å². The largest absolute Gasteiger partial charge is 0.419 e. The lowest BCUT2D eigenvalue weighted by Crippen LogP contribution is -2.22. The molecule has 1 aromatic heterocycles. The van der Waals surface area contributed by atoms with Crippen LogP contribution in [0, 0.1) is 0 Å². The Kier molecular flexibility index (Phi) is 3.31. The van der Waals surface area contributed by atoms with Crippen LogP contribution < -0.4 is 11.1 Å². The first kappa shape index (κ1) is 13.2. The van der Waals surface area contributed by atoms with Gasteiger partial charge in [0.05, 0.1) is 5.52 Å². The van der Waals surface area contributed by atoms with Crippen LogP contribution in [0.3, 0.4) is 0 Å². The Labute approximate surface area is 120 Å². The van der Waals surface area contributed by atoms with E-state index in [0.29, 0.717) is 23.2 Å². The van der Waals surface area contributed by atoms with E-state index in [-0.39, 0.29) is 5.91 Å². The maximum Gasteiger partial charge on any atom is 0.419 e. The fraction of sp³-hybridized carbons (Fsp3) is 0.125. The standard InChI is InChI=1S/C16H14N2O3/c1-18-13-8-7-12(9-14(13)21-16(18)20)15(19)17-10-11-5-3-2-4-6-11/h2-9H,10H2,1H3,(H,17,19). The van der Waals surface area contributed by atoms with Crippen molar-refractivity contribution in [3.63, 3.8) is 0 Å². The summed E-state index contributed by atoms with van der Waals surface area (Å²) in [4.78, 5) is 23.5. The fourth-order valence-corrected chi connectivity index (χ4v) is 2.16. The molecule has 3 rings (SSSR count). The number of hydrogen-bond donors (Lipinski definition) is 1. The Hall–Kier alpha value is -2.82. The van der Waals surface area contributed by atoms with Crippen molar-refractivity contribution in [2.45, 2.75) is 6.54 Å². The topological polar surface area (TPSA) is 64.2 Å². The molecule has 5 heteroatoms. The van der Waals surface area contributed by atoms with Gasteiger partial charge in [-0.1, -0.05) is 30.3 Å². The molecule has 2 aromatic carbocycles. The molecular formula is C16H14N2O3. The van der Waals surface area contributed by atoms with E-state index in [1.807, 2.05) is 30.3 Å². The number of amides is 1. The second-order valence-corrected chi connectivity index (χ2v) is 4.78. The fourth-order valence-electron chi connectivity index (χ4n) is 2.16. The van der Waals surface area contributed by atoms with Gasteiger partial charge in [0.2, 0.25) is 0 Å². The zero-order chi connectivity index (χ0) is 14.8. The van der Waals surface area contributed by atoms with Crippen molar-refractivity contribution in [1.29, 1.82) is 0 Å². The molecule has 0 spiro atoms. The molecule has 1 amide bonds. The van der Waals surface area contributed by atoms with Gasteiger partial charge in [-0.2, -0.15) is 0 Å². The van der Waals surface area contributed by atoms with Gasteiger partial charge in [-0.3, -0.25) is 9.36 Å². The molecule has 0 aliphatic heterocycles. The van der Waals surface area contributed by atoms with E-state index in [4.69, 9.17) is 4.42 Å². The summed E-state index contributed by atoms with van der Waals surface area (Å²) in [6.07, 6.45) is 0. The number of benzene rings is 2. The van der Waals surface area contributed by atoms with E-state index in [9.17, 15) is 9.59 Å². The van der Waals surface area contributed by atoms with E-state index < -0.39 is 5.76 Å². The summed E-state index contributed by atoms with van der Waals surface area (Å²) in [7, 11) is 1.63. The number of carbonyl (C=O) groups is 1. The van der Waals surface area contributed by atoms with Gasteiger partial charge < -0.3 is 9.73 Å². The zero-order valence-corrected chi connectivity index (χ0v) is 11.5. The lowest BCUT2D eigenvalue weighted by molar-refractivity contribution is 0.0951. The Morgan fingerprint density at radius 3 is 2.71 bits per heavy atom. The number of hydrogen-bond acceptors (Lipinski definition) is 3. The van der Waals surface area contributed by atoms with Gasteiger partial charge in [0, 0.05) is 19.2 Å². The van der Waals surface area contributed by atoms with Gasteiger partial charge in [-0.15, -0.1) is 0 Å². The lowest BCUT2D eigenvalue weighted by atomic mass is 10.2. The van der Waals surface area contributed by atoms with Crippen LogP contribution in [0.4, 0.5) is 0 Å². The van der Waals surface area contributed by atoms with Crippen molar-refractivity contribution in [2.75, 3.05) is 0 Å². The Balaban J connectivity index is 1.80. The number of aromatic nitrogens is 1. The summed E-state index contributed by atoms with van der Waals surface area (Å²) in [5.74, 6) is -0.640. The van der Waals surface area contributed by atoms with Crippen molar-refractivity contribution in [2.24, 2.45) is 7.05 Å². The van der Waals surface area contributed by atoms with E-state index in [1.54, 1.807) is 25.2 Å². The van der Waals surface area contributed by atoms with Crippen LogP contribution in [0.1, 0.15) is 15.9 Å². The summed E-state index contributed by atoms with van der Waals surface area (Å²) in [6, 6.07) is 14.6. The average molecular weight is 282 g/mol. The third kappa shape index (κ3) is 2.58. The van der Waals surface area contributed by atoms with E-state index in [1.165, 1.54) is 4.57 Å². The van der Waals surface area contributed by atoms with Crippen molar-refractivity contribution in [3.05, 3.63) is 70.2 Å². The van der Waals surface area contributed by atoms with Crippen LogP contribution in [0.15, 0.2) is 57.7 Å². The minimum Gasteiger partial charge on any atom is -0.408 e. The van der Waals surface area contributed by atoms with Crippen LogP contribution in [0.5, 0.6) is 0 Å². The van der Waals surface area contributed by atoms with Crippen molar-refractivity contribution in [3.8, 4) is 0 Å². The Bertz CT molecular complexity index is 847. The Morgan fingerprint density at radius 1 is 1.19 bits per heavy atom. The van der Waals surface area contributed by atoms with E-state index in [2.05, 4.69) is 5.32 Å². The molecule has 5 nitrogen and oxygen atoms in total. The van der Waals surface area contributed by atoms with Gasteiger partial charge in [0.25, 0.3) is 5.91 Å². The number of aryl methyl sites for hydroxylation is 1. The maximum atomic E-state index is 12.1. The summed E-state index contributed by atoms with van der Waals surface area (Å²) in [6.45, 7) is 0.455. The smallest absolute Gasteiger partial charge is 0.408 e. The van der Waals surface area contributed by atoms with Crippen molar-refractivity contribution >= 4 is 17.0 Å². The first-order chi connectivity index (χ1) is 10.1. The molecule has 0 aliphatic carbocycles. The average Bonchev–Trinajstić information content (AvgIpc) is 2.80. The minimum atomic E-state index is -0.438. The third-order valence-corrected chi connectivity index (χ3v) is 3.35. The number of nitrogens with zero attached hydrogens (tertiary/aromatic N) is 1. The molecule has 21 heavy (non-hydrogen) atoms. The molecule has 3 aromatic rings. The molecule has 106 valence electrons. The summed E-state index contributed by atoms with van der Waals surface area (Å²) in [5.41, 5.74) is 2.57. The molecular weight excluding hydrogens is 268 g/mol. The molecule has 1 heterocycles. The van der Waals surface area contributed by atoms with Crippen molar-refractivity contribution < 1.29 is 9.21 Å². The lowest BCUT2D eigenvalue weighted by Gasteiger charge is -2.05. The highest BCUT2D eigenvalue weighted by Gasteiger charge is 2.10. The van der Waals surface area contributed by atoms with E-state index in [0.717, 1.165) is 5.56 Å². The molecule has 0 fully saturated rings.